The molecule has 0 bridgehead atoms. The van der Waals surface area contributed by atoms with Gasteiger partial charge in [-0.1, -0.05) is 23.7 Å². The van der Waals surface area contributed by atoms with E-state index < -0.39 is 5.91 Å². The van der Waals surface area contributed by atoms with Crippen molar-refractivity contribution in [3.63, 3.8) is 0 Å². The second-order valence-electron chi connectivity index (χ2n) is 6.02. The third-order valence-electron chi connectivity index (χ3n) is 3.87. The molecule has 3 N–H and O–H groups in total. The van der Waals surface area contributed by atoms with Crippen molar-refractivity contribution in [3.05, 3.63) is 58.1 Å². The summed E-state index contributed by atoms with van der Waals surface area (Å²) in [6, 6.07) is 12.2. The SMILES string of the molecule is COc1ccc(NC(=O)c2sc(-c3cccc(Cl)c3)nc2C)cc1OCC(N)=O. The number of carbonyl (C=O) groups is 2. The summed E-state index contributed by atoms with van der Waals surface area (Å²) in [7, 11) is 1.47. The van der Waals surface area contributed by atoms with E-state index in [1.54, 1.807) is 37.3 Å². The van der Waals surface area contributed by atoms with Crippen LogP contribution in [0.4, 0.5) is 5.69 Å². The van der Waals surface area contributed by atoms with E-state index in [4.69, 9.17) is 26.8 Å². The van der Waals surface area contributed by atoms with Gasteiger partial charge in [0.05, 0.1) is 12.8 Å². The lowest BCUT2D eigenvalue weighted by atomic mass is 10.2. The quantitative estimate of drug-likeness (QED) is 0.590. The molecule has 0 atom stereocenters. The first-order chi connectivity index (χ1) is 13.9. The van der Waals surface area contributed by atoms with Crippen LogP contribution in [0.5, 0.6) is 11.5 Å². The fourth-order valence-corrected chi connectivity index (χ4v) is 3.70. The van der Waals surface area contributed by atoms with Crippen LogP contribution in [0.2, 0.25) is 5.02 Å². The summed E-state index contributed by atoms with van der Waals surface area (Å²) in [6.45, 7) is 1.47. The first kappa shape index (κ1) is 20.6. The van der Waals surface area contributed by atoms with Gasteiger partial charge in [-0.3, -0.25) is 9.59 Å². The van der Waals surface area contributed by atoms with Crippen molar-refractivity contribution in [1.82, 2.24) is 4.98 Å². The van der Waals surface area contributed by atoms with Gasteiger partial charge in [0.1, 0.15) is 9.88 Å². The Morgan fingerprint density at radius 2 is 2.00 bits per heavy atom. The zero-order chi connectivity index (χ0) is 21.0. The van der Waals surface area contributed by atoms with Crippen molar-refractivity contribution in [2.45, 2.75) is 6.92 Å². The summed E-state index contributed by atoms with van der Waals surface area (Å²) < 4.78 is 10.5. The summed E-state index contributed by atoms with van der Waals surface area (Å²) in [6.07, 6.45) is 0. The molecule has 1 aromatic heterocycles. The Morgan fingerprint density at radius 3 is 2.69 bits per heavy atom. The number of halogens is 1. The minimum absolute atomic E-state index is 0.296. The van der Waals surface area contributed by atoms with Gasteiger partial charge in [-0.05, 0) is 31.2 Å². The standard InChI is InChI=1S/C20H18ClN3O4S/c1-11-18(29-20(23-11)12-4-3-5-13(21)8-12)19(26)24-14-6-7-15(27-2)16(9-14)28-10-17(22)25/h3-9H,10H2,1-2H3,(H2,22,25)(H,24,26). The first-order valence-corrected chi connectivity index (χ1v) is 9.70. The Bertz CT molecular complexity index is 1070. The lowest BCUT2D eigenvalue weighted by Crippen LogP contribution is -2.20. The van der Waals surface area contributed by atoms with Gasteiger partial charge in [0, 0.05) is 22.3 Å². The molecule has 29 heavy (non-hydrogen) atoms. The smallest absolute Gasteiger partial charge is 0.267 e. The lowest BCUT2D eigenvalue weighted by molar-refractivity contribution is -0.119. The van der Waals surface area contributed by atoms with E-state index in [-0.39, 0.29) is 12.5 Å². The number of nitrogens with two attached hydrogens (primary N) is 1. The van der Waals surface area contributed by atoms with Crippen molar-refractivity contribution in [2.75, 3.05) is 19.0 Å². The molecule has 0 radical (unpaired) electrons. The molecule has 0 aliphatic rings. The van der Waals surface area contributed by atoms with E-state index in [0.29, 0.717) is 37.8 Å². The molecule has 0 fully saturated rings. The average molecular weight is 432 g/mol. The minimum Gasteiger partial charge on any atom is -0.493 e. The van der Waals surface area contributed by atoms with Crippen LogP contribution in [0.1, 0.15) is 15.4 Å². The fraction of sp³-hybridized carbons (Fsp3) is 0.150. The van der Waals surface area contributed by atoms with E-state index in [9.17, 15) is 9.59 Å². The molecular formula is C20H18ClN3O4S. The third-order valence-corrected chi connectivity index (χ3v) is 5.31. The van der Waals surface area contributed by atoms with Gasteiger partial charge in [0.2, 0.25) is 0 Å². The van der Waals surface area contributed by atoms with E-state index in [1.807, 2.05) is 12.1 Å². The Hall–Kier alpha value is -3.10. The number of hydrogen-bond acceptors (Lipinski definition) is 6. The molecule has 9 heteroatoms. The lowest BCUT2D eigenvalue weighted by Gasteiger charge is -2.12. The number of aryl methyl sites for hydroxylation is 1. The van der Waals surface area contributed by atoms with Crippen LogP contribution in [0.25, 0.3) is 10.6 Å². The van der Waals surface area contributed by atoms with Crippen LogP contribution in [-0.2, 0) is 4.79 Å². The number of benzene rings is 2. The second kappa shape index (κ2) is 8.93. The molecule has 0 unspecified atom stereocenters. The highest BCUT2D eigenvalue weighted by molar-refractivity contribution is 7.17. The normalized spacial score (nSPS) is 10.4. The molecule has 0 saturated carbocycles. The predicted octanol–water partition coefficient (Wildman–Crippen LogP) is 3.90. The molecule has 2 amide bonds. The molecule has 3 rings (SSSR count). The zero-order valence-corrected chi connectivity index (χ0v) is 17.3. The summed E-state index contributed by atoms with van der Waals surface area (Å²) >= 11 is 7.32. The number of nitrogens with zero attached hydrogens (tertiary/aromatic N) is 1. The Balaban J connectivity index is 1.81. The predicted molar refractivity (Wildman–Crippen MR) is 113 cm³/mol. The number of nitrogens with one attached hydrogen (secondary N) is 1. The summed E-state index contributed by atoms with van der Waals surface area (Å²) in [5, 5.41) is 4.11. The van der Waals surface area contributed by atoms with Crippen LogP contribution < -0.4 is 20.5 Å². The average Bonchev–Trinajstić information content (AvgIpc) is 3.08. The summed E-state index contributed by atoms with van der Waals surface area (Å²) in [5.41, 5.74) is 7.05. The van der Waals surface area contributed by atoms with Gasteiger partial charge < -0.3 is 20.5 Å². The molecular weight excluding hydrogens is 414 g/mol. The number of ether oxygens (including phenoxy) is 2. The Labute approximate surface area is 176 Å². The Kier molecular flexibility index (Phi) is 6.36. The number of methoxy groups -OCH3 is 1. The number of aromatic nitrogens is 1. The molecule has 7 nitrogen and oxygen atoms in total. The molecule has 0 spiro atoms. The number of primary amides is 1. The van der Waals surface area contributed by atoms with Gasteiger partial charge in [-0.15, -0.1) is 11.3 Å². The fourth-order valence-electron chi connectivity index (χ4n) is 2.56. The molecule has 3 aromatic rings. The highest BCUT2D eigenvalue weighted by Crippen LogP contribution is 2.32. The second-order valence-corrected chi connectivity index (χ2v) is 7.45. The van der Waals surface area contributed by atoms with Crippen molar-refractivity contribution in [2.24, 2.45) is 5.73 Å². The highest BCUT2D eigenvalue weighted by Gasteiger charge is 2.17. The molecule has 2 aromatic carbocycles. The van der Waals surface area contributed by atoms with Crippen molar-refractivity contribution < 1.29 is 19.1 Å². The number of hydrogen-bond donors (Lipinski definition) is 2. The number of thiazole rings is 1. The molecule has 150 valence electrons. The maximum atomic E-state index is 12.8. The van der Waals surface area contributed by atoms with E-state index in [0.717, 1.165) is 5.56 Å². The van der Waals surface area contributed by atoms with Gasteiger partial charge in [-0.25, -0.2) is 4.98 Å². The third kappa shape index (κ3) is 5.04. The van der Waals surface area contributed by atoms with Crippen LogP contribution in [-0.4, -0.2) is 30.5 Å². The number of rotatable bonds is 7. The molecule has 0 aliphatic carbocycles. The number of amides is 2. The minimum atomic E-state index is -0.615. The van der Waals surface area contributed by atoms with Crippen LogP contribution in [0, 0.1) is 6.92 Å². The maximum absolute atomic E-state index is 12.8. The van der Waals surface area contributed by atoms with Crippen molar-refractivity contribution in [1.29, 1.82) is 0 Å². The monoisotopic (exact) mass is 431 g/mol. The van der Waals surface area contributed by atoms with E-state index in [2.05, 4.69) is 10.3 Å². The van der Waals surface area contributed by atoms with E-state index in [1.165, 1.54) is 18.4 Å². The van der Waals surface area contributed by atoms with Gasteiger partial charge in [0.15, 0.2) is 18.1 Å². The zero-order valence-electron chi connectivity index (χ0n) is 15.7. The van der Waals surface area contributed by atoms with Gasteiger partial charge >= 0.3 is 0 Å². The van der Waals surface area contributed by atoms with Crippen molar-refractivity contribution in [3.8, 4) is 22.1 Å². The number of carbonyl (C=O) groups excluding carboxylic acids is 2. The topological polar surface area (TPSA) is 104 Å². The first-order valence-electron chi connectivity index (χ1n) is 8.51. The number of anilines is 1. The molecule has 0 saturated heterocycles. The molecule has 1 heterocycles. The van der Waals surface area contributed by atoms with Crippen LogP contribution >= 0.6 is 22.9 Å². The van der Waals surface area contributed by atoms with Gasteiger partial charge in [0.25, 0.3) is 11.8 Å². The maximum Gasteiger partial charge on any atom is 0.267 e. The largest absolute Gasteiger partial charge is 0.493 e. The van der Waals surface area contributed by atoms with Crippen molar-refractivity contribution >= 4 is 40.4 Å². The van der Waals surface area contributed by atoms with Crippen LogP contribution in [0.3, 0.4) is 0 Å². The van der Waals surface area contributed by atoms with Gasteiger partial charge in [-0.2, -0.15) is 0 Å². The summed E-state index contributed by atoms with van der Waals surface area (Å²) in [5.74, 6) is -0.208. The summed E-state index contributed by atoms with van der Waals surface area (Å²) in [4.78, 5) is 28.7. The van der Waals surface area contributed by atoms with Crippen LogP contribution in [0.15, 0.2) is 42.5 Å². The Morgan fingerprint density at radius 1 is 1.21 bits per heavy atom. The highest BCUT2D eigenvalue weighted by atomic mass is 35.5. The molecule has 0 aliphatic heterocycles. The van der Waals surface area contributed by atoms with E-state index >= 15 is 0 Å².